The number of benzene rings is 2. The summed E-state index contributed by atoms with van der Waals surface area (Å²) >= 11 is 0. The molecule has 1 amide bonds. The Balaban J connectivity index is 1.66. The fraction of sp³-hybridized carbons (Fsp3) is 0.409. The van der Waals surface area contributed by atoms with E-state index in [1.165, 1.54) is 0 Å². The highest BCUT2D eigenvalue weighted by Crippen LogP contribution is 2.29. The third-order valence-electron chi connectivity index (χ3n) is 5.11. The maximum atomic E-state index is 14.6. The normalized spacial score (nSPS) is 16.1. The first kappa shape index (κ1) is 21.0. The van der Waals surface area contributed by atoms with Crippen molar-refractivity contribution in [3.05, 3.63) is 53.6 Å². The predicted octanol–water partition coefficient (Wildman–Crippen LogP) is 4.19. The zero-order chi connectivity index (χ0) is 20.8. The Morgan fingerprint density at radius 3 is 2.62 bits per heavy atom. The maximum absolute atomic E-state index is 14.6. The van der Waals surface area contributed by atoms with Crippen LogP contribution in [-0.2, 0) is 0 Å². The van der Waals surface area contributed by atoms with E-state index >= 15 is 0 Å². The number of likely N-dealkylation sites (N-methyl/N-ethyl adjacent to an activating group) is 1. The summed E-state index contributed by atoms with van der Waals surface area (Å²) < 4.78 is 34.7. The first-order valence-electron chi connectivity index (χ1n) is 9.97. The van der Waals surface area contributed by atoms with Crippen molar-refractivity contribution < 1.29 is 18.3 Å². The van der Waals surface area contributed by atoms with E-state index in [-0.39, 0.29) is 17.4 Å². The van der Waals surface area contributed by atoms with Crippen LogP contribution in [0.15, 0.2) is 36.4 Å². The maximum Gasteiger partial charge on any atom is 0.255 e. The average molecular weight is 403 g/mol. The van der Waals surface area contributed by atoms with E-state index < -0.39 is 17.5 Å². The summed E-state index contributed by atoms with van der Waals surface area (Å²) in [6, 6.07) is 9.02. The van der Waals surface area contributed by atoms with E-state index in [1.807, 2.05) is 11.9 Å². The molecule has 0 radical (unpaired) electrons. The van der Waals surface area contributed by atoms with Crippen LogP contribution in [-0.4, -0.2) is 38.7 Å². The first-order valence-corrected chi connectivity index (χ1v) is 9.97. The number of hydrogen-bond acceptors (Lipinski definition) is 4. The lowest BCUT2D eigenvalue weighted by Crippen LogP contribution is -2.30. The summed E-state index contributed by atoms with van der Waals surface area (Å²) in [5, 5.41) is 5.60. The number of carbonyl (C=O) groups is 1. The standard InChI is InChI=1S/C22H27F2N3O2/c1-3-4-11-29-17-7-5-15(6-8-17)22(28)26-20-12-19(24)21(13-18(20)23)27-10-9-16(14-27)25-2/h5-8,12-13,16,25H,3-4,9-11,14H2,1-2H3,(H,26,28). The molecule has 0 aromatic heterocycles. The molecule has 1 aliphatic rings. The van der Waals surface area contributed by atoms with Crippen molar-refractivity contribution in [2.45, 2.75) is 32.2 Å². The first-order chi connectivity index (χ1) is 14.0. The molecule has 1 heterocycles. The minimum Gasteiger partial charge on any atom is -0.494 e. The molecule has 1 aliphatic heterocycles. The van der Waals surface area contributed by atoms with Gasteiger partial charge in [-0.1, -0.05) is 13.3 Å². The van der Waals surface area contributed by atoms with Gasteiger partial charge < -0.3 is 20.3 Å². The second-order valence-corrected chi connectivity index (χ2v) is 7.18. The number of halogens is 2. The molecule has 0 spiro atoms. The van der Waals surface area contributed by atoms with Crippen molar-refractivity contribution in [3.63, 3.8) is 0 Å². The van der Waals surface area contributed by atoms with E-state index in [9.17, 15) is 13.6 Å². The zero-order valence-electron chi connectivity index (χ0n) is 16.8. The lowest BCUT2D eigenvalue weighted by Gasteiger charge is -2.20. The molecule has 29 heavy (non-hydrogen) atoms. The quantitative estimate of drug-likeness (QED) is 0.649. The van der Waals surface area contributed by atoms with Gasteiger partial charge in [-0.3, -0.25) is 4.79 Å². The molecule has 1 unspecified atom stereocenters. The van der Waals surface area contributed by atoms with Gasteiger partial charge in [0.25, 0.3) is 5.91 Å². The van der Waals surface area contributed by atoms with E-state index in [0.29, 0.717) is 31.0 Å². The fourth-order valence-corrected chi connectivity index (χ4v) is 3.32. The van der Waals surface area contributed by atoms with Gasteiger partial charge >= 0.3 is 0 Å². The molecule has 2 N–H and O–H groups in total. The van der Waals surface area contributed by atoms with Gasteiger partial charge in [-0.25, -0.2) is 8.78 Å². The summed E-state index contributed by atoms with van der Waals surface area (Å²) in [5.41, 5.74) is 0.379. The summed E-state index contributed by atoms with van der Waals surface area (Å²) in [7, 11) is 1.85. The van der Waals surface area contributed by atoms with Gasteiger partial charge in [0.05, 0.1) is 18.0 Å². The van der Waals surface area contributed by atoms with Gasteiger partial charge in [-0.05, 0) is 44.2 Å². The molecular formula is C22H27F2N3O2. The van der Waals surface area contributed by atoms with Crippen LogP contribution in [0, 0.1) is 11.6 Å². The second kappa shape index (κ2) is 9.69. The molecule has 3 rings (SSSR count). The van der Waals surface area contributed by atoms with Crippen LogP contribution in [0.2, 0.25) is 0 Å². The Kier molecular flexibility index (Phi) is 7.04. The lowest BCUT2D eigenvalue weighted by atomic mass is 10.2. The van der Waals surface area contributed by atoms with Gasteiger partial charge in [-0.2, -0.15) is 0 Å². The highest BCUT2D eigenvalue weighted by molar-refractivity contribution is 6.04. The number of anilines is 2. The minimum atomic E-state index is -0.665. The van der Waals surface area contributed by atoms with Gasteiger partial charge in [0.1, 0.15) is 17.4 Å². The van der Waals surface area contributed by atoms with Crippen molar-refractivity contribution in [1.82, 2.24) is 5.32 Å². The molecule has 0 saturated carbocycles. The number of nitrogens with zero attached hydrogens (tertiary/aromatic N) is 1. The van der Waals surface area contributed by atoms with Crippen LogP contribution in [0.1, 0.15) is 36.5 Å². The lowest BCUT2D eigenvalue weighted by molar-refractivity contribution is 0.102. The molecule has 2 aromatic rings. The molecule has 5 nitrogen and oxygen atoms in total. The van der Waals surface area contributed by atoms with Gasteiger partial charge in [-0.15, -0.1) is 0 Å². The number of carbonyl (C=O) groups excluding carboxylic acids is 1. The number of amides is 1. The van der Waals surface area contributed by atoms with Crippen LogP contribution in [0.25, 0.3) is 0 Å². The van der Waals surface area contributed by atoms with Crippen molar-refractivity contribution in [2.75, 3.05) is 37.0 Å². The highest BCUT2D eigenvalue weighted by atomic mass is 19.1. The van der Waals surface area contributed by atoms with Gasteiger partial charge in [0, 0.05) is 36.8 Å². The van der Waals surface area contributed by atoms with Crippen molar-refractivity contribution in [3.8, 4) is 5.75 Å². The van der Waals surface area contributed by atoms with E-state index in [1.54, 1.807) is 24.3 Å². The van der Waals surface area contributed by atoms with Crippen LogP contribution in [0.3, 0.4) is 0 Å². The van der Waals surface area contributed by atoms with Crippen molar-refractivity contribution in [1.29, 1.82) is 0 Å². The fourth-order valence-electron chi connectivity index (χ4n) is 3.32. The van der Waals surface area contributed by atoms with Crippen LogP contribution >= 0.6 is 0 Å². The van der Waals surface area contributed by atoms with E-state index in [2.05, 4.69) is 17.6 Å². The Morgan fingerprint density at radius 2 is 1.97 bits per heavy atom. The summed E-state index contributed by atoms with van der Waals surface area (Å²) in [4.78, 5) is 14.2. The largest absolute Gasteiger partial charge is 0.494 e. The zero-order valence-corrected chi connectivity index (χ0v) is 16.8. The van der Waals surface area contributed by atoms with E-state index in [0.717, 1.165) is 31.4 Å². The molecule has 1 atom stereocenters. The molecule has 156 valence electrons. The Morgan fingerprint density at radius 1 is 1.21 bits per heavy atom. The highest BCUT2D eigenvalue weighted by Gasteiger charge is 2.25. The smallest absolute Gasteiger partial charge is 0.255 e. The number of hydrogen-bond donors (Lipinski definition) is 2. The predicted molar refractivity (Wildman–Crippen MR) is 111 cm³/mol. The topological polar surface area (TPSA) is 53.6 Å². The Hall–Kier alpha value is -2.67. The summed E-state index contributed by atoms with van der Waals surface area (Å²) in [6.45, 7) is 3.96. The number of nitrogens with one attached hydrogen (secondary N) is 2. The van der Waals surface area contributed by atoms with Crippen LogP contribution in [0.5, 0.6) is 5.75 Å². The summed E-state index contributed by atoms with van der Waals surface area (Å²) in [5.74, 6) is -1.06. The van der Waals surface area contributed by atoms with Crippen LogP contribution < -0.4 is 20.3 Å². The van der Waals surface area contributed by atoms with Crippen LogP contribution in [0.4, 0.5) is 20.2 Å². The number of rotatable bonds is 8. The van der Waals surface area contributed by atoms with Crippen molar-refractivity contribution in [2.24, 2.45) is 0 Å². The Labute approximate surface area is 170 Å². The molecule has 1 fully saturated rings. The third-order valence-corrected chi connectivity index (χ3v) is 5.11. The SMILES string of the molecule is CCCCOc1ccc(C(=O)Nc2cc(F)c(N3CCC(NC)C3)cc2F)cc1. The monoisotopic (exact) mass is 403 g/mol. The molecule has 7 heteroatoms. The Bertz CT molecular complexity index is 843. The number of ether oxygens (including phenoxy) is 1. The molecular weight excluding hydrogens is 376 g/mol. The number of unbranched alkanes of at least 4 members (excludes halogenated alkanes) is 1. The molecule has 2 aromatic carbocycles. The van der Waals surface area contributed by atoms with E-state index in [4.69, 9.17) is 4.74 Å². The second-order valence-electron chi connectivity index (χ2n) is 7.18. The summed E-state index contributed by atoms with van der Waals surface area (Å²) in [6.07, 6.45) is 2.86. The third kappa shape index (κ3) is 5.23. The molecule has 0 aliphatic carbocycles. The van der Waals surface area contributed by atoms with Gasteiger partial charge in [0.15, 0.2) is 0 Å². The molecule has 1 saturated heterocycles. The molecule has 0 bridgehead atoms. The van der Waals surface area contributed by atoms with Crippen molar-refractivity contribution >= 4 is 17.3 Å². The minimum absolute atomic E-state index is 0.177. The van der Waals surface area contributed by atoms with Gasteiger partial charge in [0.2, 0.25) is 0 Å². The average Bonchev–Trinajstić information content (AvgIpc) is 3.20.